The molecule has 1 aromatic carbocycles. The Kier molecular flexibility index (Phi) is 3.91. The molecule has 0 spiro atoms. The molecule has 0 fully saturated rings. The van der Waals surface area contributed by atoms with E-state index in [0.717, 1.165) is 23.1 Å². The summed E-state index contributed by atoms with van der Waals surface area (Å²) >= 11 is 3.59. The summed E-state index contributed by atoms with van der Waals surface area (Å²) in [6.45, 7) is 6.65. The molecular formula is C15H19BrN2. The largest absolute Gasteiger partial charge is 0.364 e. The van der Waals surface area contributed by atoms with Gasteiger partial charge in [0.05, 0.1) is 0 Å². The van der Waals surface area contributed by atoms with Crippen LogP contribution in [0, 0.1) is 0 Å². The molecule has 0 aliphatic heterocycles. The van der Waals surface area contributed by atoms with Crippen molar-refractivity contribution in [3.05, 3.63) is 34.9 Å². The molecule has 0 unspecified atom stereocenters. The topological polar surface area (TPSA) is 24.9 Å². The Morgan fingerprint density at radius 2 is 1.89 bits per heavy atom. The molecule has 2 nitrogen and oxygen atoms in total. The number of pyridine rings is 1. The van der Waals surface area contributed by atoms with E-state index < -0.39 is 0 Å². The fourth-order valence-electron chi connectivity index (χ4n) is 1.98. The SMILES string of the molecule is CCC(C)(CC)Nc1nccc2c(Br)cccc12. The van der Waals surface area contributed by atoms with Gasteiger partial charge in [-0.25, -0.2) is 4.98 Å². The van der Waals surface area contributed by atoms with Gasteiger partial charge in [-0.05, 0) is 31.9 Å². The number of nitrogens with zero attached hydrogens (tertiary/aromatic N) is 1. The molecule has 3 heteroatoms. The van der Waals surface area contributed by atoms with Gasteiger partial charge in [-0.1, -0.05) is 41.9 Å². The zero-order chi connectivity index (χ0) is 13.2. The molecule has 0 saturated heterocycles. The first-order valence-corrected chi connectivity index (χ1v) is 7.20. The molecule has 96 valence electrons. The van der Waals surface area contributed by atoms with Gasteiger partial charge in [-0.2, -0.15) is 0 Å². The number of nitrogens with one attached hydrogen (secondary N) is 1. The van der Waals surface area contributed by atoms with Crippen molar-refractivity contribution in [2.24, 2.45) is 0 Å². The van der Waals surface area contributed by atoms with Gasteiger partial charge in [0.25, 0.3) is 0 Å². The minimum absolute atomic E-state index is 0.101. The van der Waals surface area contributed by atoms with Gasteiger partial charge < -0.3 is 5.32 Å². The minimum Gasteiger partial charge on any atom is -0.364 e. The Bertz CT molecular complexity index is 547. The summed E-state index contributed by atoms with van der Waals surface area (Å²) in [5, 5.41) is 5.96. The lowest BCUT2D eigenvalue weighted by atomic mass is 9.95. The maximum atomic E-state index is 4.50. The summed E-state index contributed by atoms with van der Waals surface area (Å²) in [5.74, 6) is 0.972. The van der Waals surface area contributed by atoms with Crippen LogP contribution in [0.3, 0.4) is 0 Å². The second-order valence-electron chi connectivity index (χ2n) is 4.89. The number of rotatable bonds is 4. The predicted molar refractivity (Wildman–Crippen MR) is 82.1 cm³/mol. The van der Waals surface area contributed by atoms with E-state index in [4.69, 9.17) is 0 Å². The summed E-state index contributed by atoms with van der Waals surface area (Å²) in [6.07, 6.45) is 4.02. The van der Waals surface area contributed by atoms with Gasteiger partial charge in [0, 0.05) is 27.0 Å². The van der Waals surface area contributed by atoms with Crippen LogP contribution in [-0.4, -0.2) is 10.5 Å². The molecule has 0 aliphatic rings. The average Bonchev–Trinajstić information content (AvgIpc) is 2.40. The van der Waals surface area contributed by atoms with Gasteiger partial charge in [0.15, 0.2) is 0 Å². The molecule has 0 amide bonds. The third kappa shape index (κ3) is 2.51. The summed E-state index contributed by atoms with van der Waals surface area (Å²) in [7, 11) is 0. The van der Waals surface area contributed by atoms with Crippen LogP contribution in [0.1, 0.15) is 33.6 Å². The molecule has 0 saturated carbocycles. The first kappa shape index (κ1) is 13.3. The van der Waals surface area contributed by atoms with Crippen LogP contribution >= 0.6 is 15.9 Å². The normalized spacial score (nSPS) is 11.8. The lowest BCUT2D eigenvalue weighted by molar-refractivity contribution is 0.477. The quantitative estimate of drug-likeness (QED) is 0.861. The van der Waals surface area contributed by atoms with E-state index >= 15 is 0 Å². The number of hydrogen-bond donors (Lipinski definition) is 1. The number of hydrogen-bond acceptors (Lipinski definition) is 2. The van der Waals surface area contributed by atoms with Gasteiger partial charge in [0.2, 0.25) is 0 Å². The Labute approximate surface area is 117 Å². The monoisotopic (exact) mass is 306 g/mol. The van der Waals surface area contributed by atoms with Crippen molar-refractivity contribution >= 4 is 32.5 Å². The Morgan fingerprint density at radius 3 is 2.56 bits per heavy atom. The molecule has 1 heterocycles. The molecule has 0 bridgehead atoms. The number of benzene rings is 1. The minimum atomic E-state index is 0.101. The smallest absolute Gasteiger partial charge is 0.134 e. The molecule has 1 aromatic heterocycles. The van der Waals surface area contributed by atoms with Crippen molar-refractivity contribution in [1.82, 2.24) is 4.98 Å². The molecule has 2 rings (SSSR count). The van der Waals surface area contributed by atoms with Crippen molar-refractivity contribution in [1.29, 1.82) is 0 Å². The maximum Gasteiger partial charge on any atom is 0.134 e. The Balaban J connectivity index is 2.49. The molecule has 0 radical (unpaired) electrons. The Morgan fingerprint density at radius 1 is 1.17 bits per heavy atom. The summed E-state index contributed by atoms with van der Waals surface area (Å²) in [4.78, 5) is 4.50. The number of aromatic nitrogens is 1. The number of halogens is 1. The zero-order valence-electron chi connectivity index (χ0n) is 11.1. The van der Waals surface area contributed by atoms with Gasteiger partial charge in [0.1, 0.15) is 5.82 Å². The van der Waals surface area contributed by atoms with Crippen molar-refractivity contribution < 1.29 is 0 Å². The fourth-order valence-corrected chi connectivity index (χ4v) is 2.48. The highest BCUT2D eigenvalue weighted by atomic mass is 79.9. The van der Waals surface area contributed by atoms with E-state index in [0.29, 0.717) is 0 Å². The van der Waals surface area contributed by atoms with Crippen LogP contribution in [0.15, 0.2) is 34.9 Å². The van der Waals surface area contributed by atoms with Crippen LogP contribution in [-0.2, 0) is 0 Å². The second kappa shape index (κ2) is 5.27. The van der Waals surface area contributed by atoms with Crippen molar-refractivity contribution in [3.63, 3.8) is 0 Å². The van der Waals surface area contributed by atoms with E-state index in [9.17, 15) is 0 Å². The van der Waals surface area contributed by atoms with E-state index in [1.165, 1.54) is 10.8 Å². The van der Waals surface area contributed by atoms with Crippen LogP contribution in [0.2, 0.25) is 0 Å². The molecule has 0 aliphatic carbocycles. The Hall–Kier alpha value is -1.09. The van der Waals surface area contributed by atoms with Gasteiger partial charge >= 0.3 is 0 Å². The lowest BCUT2D eigenvalue weighted by Gasteiger charge is -2.29. The maximum absolute atomic E-state index is 4.50. The molecule has 18 heavy (non-hydrogen) atoms. The second-order valence-corrected chi connectivity index (χ2v) is 5.74. The van der Waals surface area contributed by atoms with E-state index in [1.807, 2.05) is 12.3 Å². The fraction of sp³-hybridized carbons (Fsp3) is 0.400. The molecule has 2 aromatic rings. The average molecular weight is 307 g/mol. The summed E-state index contributed by atoms with van der Waals surface area (Å²) in [5.41, 5.74) is 0.101. The van der Waals surface area contributed by atoms with Crippen molar-refractivity contribution in [2.75, 3.05) is 5.32 Å². The van der Waals surface area contributed by atoms with E-state index in [-0.39, 0.29) is 5.54 Å². The highest BCUT2D eigenvalue weighted by Crippen LogP contribution is 2.30. The van der Waals surface area contributed by atoms with Crippen molar-refractivity contribution in [3.8, 4) is 0 Å². The highest BCUT2D eigenvalue weighted by molar-refractivity contribution is 9.10. The standard InChI is InChI=1S/C15H19BrN2/c1-4-15(3,5-2)18-14-12-7-6-8-13(16)11(12)9-10-17-14/h6-10H,4-5H2,1-3H3,(H,17,18). The molecular weight excluding hydrogens is 288 g/mol. The number of anilines is 1. The zero-order valence-corrected chi connectivity index (χ0v) is 12.7. The van der Waals surface area contributed by atoms with Crippen molar-refractivity contribution in [2.45, 2.75) is 39.2 Å². The first-order valence-electron chi connectivity index (χ1n) is 6.41. The van der Waals surface area contributed by atoms with Gasteiger partial charge in [-0.15, -0.1) is 0 Å². The number of fused-ring (bicyclic) bond motifs is 1. The third-order valence-electron chi connectivity index (χ3n) is 3.73. The summed E-state index contributed by atoms with van der Waals surface area (Å²) < 4.78 is 1.11. The van der Waals surface area contributed by atoms with Crippen LogP contribution in [0.4, 0.5) is 5.82 Å². The first-order chi connectivity index (χ1) is 8.59. The molecule has 1 N–H and O–H groups in total. The van der Waals surface area contributed by atoms with Crippen LogP contribution in [0.5, 0.6) is 0 Å². The van der Waals surface area contributed by atoms with Crippen LogP contribution < -0.4 is 5.32 Å². The predicted octanol–water partition coefficient (Wildman–Crippen LogP) is 4.99. The van der Waals surface area contributed by atoms with E-state index in [1.54, 1.807) is 0 Å². The van der Waals surface area contributed by atoms with Gasteiger partial charge in [-0.3, -0.25) is 0 Å². The third-order valence-corrected chi connectivity index (χ3v) is 4.43. The lowest BCUT2D eigenvalue weighted by Crippen LogP contribution is -2.33. The van der Waals surface area contributed by atoms with E-state index in [2.05, 4.69) is 65.2 Å². The van der Waals surface area contributed by atoms with Crippen LogP contribution in [0.25, 0.3) is 10.8 Å². The highest BCUT2D eigenvalue weighted by Gasteiger charge is 2.20. The molecule has 0 atom stereocenters. The summed E-state index contributed by atoms with van der Waals surface area (Å²) in [6, 6.07) is 8.26.